The smallest absolute Gasteiger partial charge is 0.241 e. The van der Waals surface area contributed by atoms with Gasteiger partial charge in [-0.25, -0.2) is 23.1 Å². The van der Waals surface area contributed by atoms with Crippen molar-refractivity contribution in [1.82, 2.24) is 19.7 Å². The highest BCUT2D eigenvalue weighted by molar-refractivity contribution is 5.73. The maximum atomic E-state index is 13.6. The van der Waals surface area contributed by atoms with E-state index in [1.54, 1.807) is 0 Å². The van der Waals surface area contributed by atoms with Crippen molar-refractivity contribution in [2.45, 2.75) is 6.55 Å². The van der Waals surface area contributed by atoms with Crippen molar-refractivity contribution < 1.29 is 22.0 Å². The number of alkyl halides is 2. The zero-order valence-corrected chi connectivity index (χ0v) is 10.1. The van der Waals surface area contributed by atoms with E-state index >= 15 is 0 Å². The monoisotopic (exact) mass is 300 g/mol. The van der Waals surface area contributed by atoms with Gasteiger partial charge < -0.3 is 0 Å². The van der Waals surface area contributed by atoms with Crippen LogP contribution in [0.25, 0.3) is 22.4 Å². The van der Waals surface area contributed by atoms with Crippen molar-refractivity contribution in [1.29, 1.82) is 0 Å². The predicted molar refractivity (Wildman–Crippen MR) is 61.9 cm³/mol. The highest BCUT2D eigenvalue weighted by atomic mass is 19.3. The molecule has 0 radical (unpaired) electrons. The van der Waals surface area contributed by atoms with Crippen LogP contribution < -0.4 is 0 Å². The predicted octanol–water partition coefficient (Wildman–Crippen LogP) is 3.31. The van der Waals surface area contributed by atoms with Crippen molar-refractivity contribution in [2.75, 3.05) is 0 Å². The summed E-state index contributed by atoms with van der Waals surface area (Å²) in [6.07, 6.45) is 2.01. The molecule has 108 valence electrons. The molecule has 0 bridgehead atoms. The van der Waals surface area contributed by atoms with E-state index in [9.17, 15) is 22.0 Å². The largest absolute Gasteiger partial charge is 0.335 e. The Labute approximate surface area is 113 Å². The number of benzene rings is 1. The van der Waals surface area contributed by atoms with Crippen LogP contribution in [0.15, 0.2) is 24.5 Å². The third-order valence-corrected chi connectivity index (χ3v) is 2.77. The summed E-state index contributed by atoms with van der Waals surface area (Å²) in [7, 11) is 0. The normalized spacial score (nSPS) is 11.5. The molecular weight excluding hydrogens is 295 g/mol. The molecule has 0 unspecified atom stereocenters. The Balaban J connectivity index is 2.16. The van der Waals surface area contributed by atoms with E-state index in [1.165, 1.54) is 0 Å². The molecule has 0 spiro atoms. The van der Waals surface area contributed by atoms with Crippen LogP contribution in [0.2, 0.25) is 0 Å². The lowest BCUT2D eigenvalue weighted by molar-refractivity contribution is 0.0608. The zero-order valence-electron chi connectivity index (χ0n) is 10.1. The first kappa shape index (κ1) is 13.4. The van der Waals surface area contributed by atoms with Crippen molar-refractivity contribution in [2.24, 2.45) is 0 Å². The molecule has 0 amide bonds. The third-order valence-electron chi connectivity index (χ3n) is 2.77. The van der Waals surface area contributed by atoms with Gasteiger partial charge in [-0.1, -0.05) is 0 Å². The maximum absolute atomic E-state index is 13.6. The minimum Gasteiger partial charge on any atom is -0.241 e. The van der Waals surface area contributed by atoms with Gasteiger partial charge in [0.2, 0.25) is 0 Å². The number of hydrogen-bond donors (Lipinski definition) is 0. The average Bonchev–Trinajstić information content (AvgIpc) is 2.85. The van der Waals surface area contributed by atoms with Crippen molar-refractivity contribution >= 4 is 11.2 Å². The van der Waals surface area contributed by atoms with Gasteiger partial charge in [-0.05, 0) is 6.07 Å². The first-order valence-corrected chi connectivity index (χ1v) is 5.60. The van der Waals surface area contributed by atoms with Crippen LogP contribution in [0.4, 0.5) is 22.0 Å². The summed E-state index contributed by atoms with van der Waals surface area (Å²) in [5.41, 5.74) is -0.658. The van der Waals surface area contributed by atoms with E-state index in [2.05, 4.69) is 15.1 Å². The highest BCUT2D eigenvalue weighted by Gasteiger charge is 2.17. The van der Waals surface area contributed by atoms with Crippen LogP contribution in [0.1, 0.15) is 6.55 Å². The lowest BCUT2D eigenvalue weighted by Gasteiger charge is -2.04. The summed E-state index contributed by atoms with van der Waals surface area (Å²) in [6.45, 7) is -2.90. The van der Waals surface area contributed by atoms with Gasteiger partial charge in [0, 0.05) is 11.6 Å². The highest BCUT2D eigenvalue weighted by Crippen LogP contribution is 2.25. The summed E-state index contributed by atoms with van der Waals surface area (Å²) >= 11 is 0. The van der Waals surface area contributed by atoms with E-state index in [0.29, 0.717) is 16.8 Å². The molecule has 21 heavy (non-hydrogen) atoms. The van der Waals surface area contributed by atoms with Gasteiger partial charge in [0.05, 0.1) is 18.1 Å². The molecule has 0 aliphatic rings. The van der Waals surface area contributed by atoms with Crippen molar-refractivity contribution in [3.8, 4) is 11.3 Å². The lowest BCUT2D eigenvalue weighted by Crippen LogP contribution is -2.01. The van der Waals surface area contributed by atoms with Gasteiger partial charge in [0.1, 0.15) is 11.3 Å². The summed E-state index contributed by atoms with van der Waals surface area (Å²) in [6, 6.07) is 0.997. The Morgan fingerprint density at radius 1 is 0.952 bits per heavy atom. The first-order valence-electron chi connectivity index (χ1n) is 5.60. The van der Waals surface area contributed by atoms with E-state index in [-0.39, 0.29) is 22.4 Å². The van der Waals surface area contributed by atoms with E-state index in [0.717, 1.165) is 12.4 Å². The molecule has 0 fully saturated rings. The molecule has 2 heterocycles. The topological polar surface area (TPSA) is 43.6 Å². The number of fused-ring (bicyclic) bond motifs is 1. The van der Waals surface area contributed by atoms with Gasteiger partial charge in [-0.3, -0.25) is 0 Å². The minimum absolute atomic E-state index is 0.0167. The molecule has 9 heteroatoms. The van der Waals surface area contributed by atoms with Crippen molar-refractivity contribution in [3.63, 3.8) is 0 Å². The Kier molecular flexibility index (Phi) is 3.04. The number of aromatic nitrogens is 4. The zero-order chi connectivity index (χ0) is 15.1. The van der Waals surface area contributed by atoms with Crippen LogP contribution >= 0.6 is 0 Å². The van der Waals surface area contributed by atoms with Crippen LogP contribution in [-0.4, -0.2) is 19.7 Å². The van der Waals surface area contributed by atoms with Gasteiger partial charge in [-0.15, -0.1) is 0 Å². The molecule has 0 N–H and O–H groups in total. The standard InChI is InChI=1S/C12H5F5N4/c13-6-2-8(15)7(14)1-5(6)9-3-18-11-10(20-9)4-19-21(11)12(16)17/h1-4,12H. The Hall–Kier alpha value is -2.58. The molecule has 0 atom stereocenters. The van der Waals surface area contributed by atoms with Gasteiger partial charge in [0.15, 0.2) is 17.3 Å². The molecule has 4 nitrogen and oxygen atoms in total. The fraction of sp³-hybridized carbons (Fsp3) is 0.0833. The molecule has 2 aromatic heterocycles. The van der Waals surface area contributed by atoms with Crippen LogP contribution in [0, 0.1) is 17.5 Å². The second kappa shape index (κ2) is 4.76. The molecule has 1 aromatic carbocycles. The second-order valence-electron chi connectivity index (χ2n) is 4.08. The molecular formula is C12H5F5N4. The molecule has 0 aliphatic heterocycles. The maximum Gasteiger partial charge on any atom is 0.335 e. The number of nitrogens with zero attached hydrogens (tertiary/aromatic N) is 4. The Morgan fingerprint density at radius 2 is 1.67 bits per heavy atom. The molecule has 3 aromatic rings. The summed E-state index contributed by atoms with van der Waals surface area (Å²) in [5.74, 6) is -3.63. The molecule has 0 saturated heterocycles. The van der Waals surface area contributed by atoms with Gasteiger partial charge >= 0.3 is 6.55 Å². The third kappa shape index (κ3) is 2.20. The summed E-state index contributed by atoms with van der Waals surface area (Å²) < 4.78 is 65.2. The fourth-order valence-corrected chi connectivity index (χ4v) is 1.82. The van der Waals surface area contributed by atoms with Gasteiger partial charge in [0.25, 0.3) is 0 Å². The number of halogens is 5. The second-order valence-corrected chi connectivity index (χ2v) is 4.08. The Morgan fingerprint density at radius 3 is 2.38 bits per heavy atom. The van der Waals surface area contributed by atoms with Crippen LogP contribution in [0.3, 0.4) is 0 Å². The van der Waals surface area contributed by atoms with Crippen LogP contribution in [0.5, 0.6) is 0 Å². The van der Waals surface area contributed by atoms with E-state index in [4.69, 9.17) is 0 Å². The summed E-state index contributed by atoms with van der Waals surface area (Å²) in [4.78, 5) is 7.58. The number of rotatable bonds is 2. The van der Waals surface area contributed by atoms with Crippen LogP contribution in [-0.2, 0) is 0 Å². The number of hydrogen-bond acceptors (Lipinski definition) is 3. The fourth-order valence-electron chi connectivity index (χ4n) is 1.82. The Bertz CT molecular complexity index is 830. The summed E-state index contributed by atoms with van der Waals surface area (Å²) in [5, 5.41) is 3.40. The van der Waals surface area contributed by atoms with Gasteiger partial charge in [-0.2, -0.15) is 18.6 Å². The quantitative estimate of drug-likeness (QED) is 0.539. The molecule has 0 saturated carbocycles. The van der Waals surface area contributed by atoms with E-state index in [1.807, 2.05) is 0 Å². The lowest BCUT2D eigenvalue weighted by atomic mass is 10.1. The average molecular weight is 300 g/mol. The SMILES string of the molecule is Fc1cc(F)c(-c2cnc3c(cnn3C(F)F)n2)cc1F. The van der Waals surface area contributed by atoms with E-state index < -0.39 is 24.0 Å². The molecule has 3 rings (SSSR count). The van der Waals surface area contributed by atoms with Crippen molar-refractivity contribution in [3.05, 3.63) is 42.0 Å². The minimum atomic E-state index is -2.90. The first-order chi connectivity index (χ1) is 9.97. The molecule has 0 aliphatic carbocycles.